The lowest BCUT2D eigenvalue weighted by Crippen LogP contribution is -2.43. The van der Waals surface area contributed by atoms with Crippen molar-refractivity contribution in [2.75, 3.05) is 26.2 Å². The number of rotatable bonds is 6. The Morgan fingerprint density at radius 2 is 1.58 bits per heavy atom. The third kappa shape index (κ3) is 5.58. The third-order valence-electron chi connectivity index (χ3n) is 5.58. The molecular formula is C20H36N2O2. The van der Waals surface area contributed by atoms with Crippen molar-refractivity contribution < 1.29 is 9.59 Å². The van der Waals surface area contributed by atoms with Crippen LogP contribution >= 0.6 is 0 Å². The van der Waals surface area contributed by atoms with Gasteiger partial charge in [-0.2, -0.15) is 0 Å². The number of hydrogen-bond donors (Lipinski definition) is 1. The van der Waals surface area contributed by atoms with E-state index < -0.39 is 0 Å². The van der Waals surface area contributed by atoms with E-state index in [0.29, 0.717) is 0 Å². The molecule has 1 saturated carbocycles. The topological polar surface area (TPSA) is 49.4 Å². The zero-order valence-corrected chi connectivity index (χ0v) is 15.9. The molecule has 0 aromatic rings. The predicted octanol–water partition coefficient (Wildman–Crippen LogP) is 3.40. The molecule has 0 aromatic heterocycles. The van der Waals surface area contributed by atoms with Gasteiger partial charge in [0.05, 0.1) is 0 Å². The van der Waals surface area contributed by atoms with Crippen LogP contribution in [0.1, 0.15) is 72.1 Å². The summed E-state index contributed by atoms with van der Waals surface area (Å²) in [6.45, 7) is 10.1. The first-order valence-corrected chi connectivity index (χ1v) is 9.94. The highest BCUT2D eigenvalue weighted by Gasteiger charge is 2.39. The smallest absolute Gasteiger partial charge is 0.223 e. The van der Waals surface area contributed by atoms with Crippen LogP contribution < -0.4 is 5.32 Å². The average Bonchev–Trinajstić information content (AvgIpc) is 2.58. The molecule has 0 spiro atoms. The second-order valence-electron chi connectivity index (χ2n) is 8.66. The molecule has 1 N–H and O–H groups in total. The fraction of sp³-hybridized carbons (Fsp3) is 0.900. The maximum absolute atomic E-state index is 12.7. The molecule has 2 atom stereocenters. The van der Waals surface area contributed by atoms with E-state index in [1.807, 2.05) is 20.8 Å². The summed E-state index contributed by atoms with van der Waals surface area (Å²) in [5, 5.41) is 3.11. The molecule has 138 valence electrons. The van der Waals surface area contributed by atoms with Gasteiger partial charge in [-0.05, 0) is 51.7 Å². The van der Waals surface area contributed by atoms with E-state index in [2.05, 4.69) is 10.2 Å². The Bertz CT molecular complexity index is 422. The highest BCUT2D eigenvalue weighted by molar-refractivity contribution is 5.91. The number of Topliss-reactive ketones (excluding diaryl/α,β-unsaturated/α-hetero) is 1. The minimum absolute atomic E-state index is 0.0826. The minimum atomic E-state index is -0.352. The molecule has 4 heteroatoms. The van der Waals surface area contributed by atoms with Crippen LogP contribution in [-0.2, 0) is 9.59 Å². The molecule has 0 unspecified atom stereocenters. The van der Waals surface area contributed by atoms with Gasteiger partial charge in [0, 0.05) is 23.8 Å². The fourth-order valence-electron chi connectivity index (χ4n) is 4.14. The highest BCUT2D eigenvalue weighted by atomic mass is 16.2. The molecule has 2 rings (SSSR count). The Hall–Kier alpha value is -0.900. The molecule has 1 heterocycles. The van der Waals surface area contributed by atoms with Crippen molar-refractivity contribution in [1.82, 2.24) is 10.2 Å². The van der Waals surface area contributed by atoms with Crippen LogP contribution in [0.25, 0.3) is 0 Å². The summed E-state index contributed by atoms with van der Waals surface area (Å²) < 4.78 is 0. The maximum Gasteiger partial charge on any atom is 0.223 e. The van der Waals surface area contributed by atoms with Crippen LogP contribution in [0.2, 0.25) is 0 Å². The maximum atomic E-state index is 12.7. The molecule has 1 amide bonds. The van der Waals surface area contributed by atoms with Gasteiger partial charge in [-0.1, -0.05) is 40.0 Å². The Kier molecular flexibility index (Phi) is 7.27. The molecule has 4 nitrogen and oxygen atoms in total. The number of carbonyl (C=O) groups is 2. The molecule has 0 bridgehead atoms. The van der Waals surface area contributed by atoms with Crippen molar-refractivity contribution in [3.05, 3.63) is 0 Å². The molecule has 1 aliphatic carbocycles. The van der Waals surface area contributed by atoms with Crippen molar-refractivity contribution in [2.45, 2.75) is 72.1 Å². The van der Waals surface area contributed by atoms with Gasteiger partial charge in [0.1, 0.15) is 5.78 Å². The first-order chi connectivity index (χ1) is 11.4. The number of nitrogens with zero attached hydrogens (tertiary/aromatic N) is 1. The summed E-state index contributed by atoms with van der Waals surface area (Å²) in [7, 11) is 0. The van der Waals surface area contributed by atoms with Crippen LogP contribution in [0.15, 0.2) is 0 Å². The van der Waals surface area contributed by atoms with Crippen molar-refractivity contribution in [3.8, 4) is 0 Å². The number of carbonyl (C=O) groups excluding carboxylic acids is 2. The lowest BCUT2D eigenvalue weighted by molar-refractivity contribution is -0.139. The van der Waals surface area contributed by atoms with Crippen molar-refractivity contribution in [1.29, 1.82) is 0 Å². The Morgan fingerprint density at radius 3 is 2.21 bits per heavy atom. The molecule has 1 aliphatic heterocycles. The molecule has 2 aliphatic rings. The van der Waals surface area contributed by atoms with E-state index in [-0.39, 0.29) is 28.9 Å². The second-order valence-corrected chi connectivity index (χ2v) is 8.66. The van der Waals surface area contributed by atoms with E-state index in [1.54, 1.807) is 0 Å². The van der Waals surface area contributed by atoms with Crippen molar-refractivity contribution in [2.24, 2.45) is 17.3 Å². The molecule has 1 saturated heterocycles. The van der Waals surface area contributed by atoms with E-state index in [4.69, 9.17) is 0 Å². The van der Waals surface area contributed by atoms with Crippen LogP contribution in [0.5, 0.6) is 0 Å². The van der Waals surface area contributed by atoms with Gasteiger partial charge in [-0.15, -0.1) is 0 Å². The summed E-state index contributed by atoms with van der Waals surface area (Å²) in [6.07, 6.45) is 8.88. The Balaban J connectivity index is 1.77. The number of amides is 1. The highest BCUT2D eigenvalue weighted by Crippen LogP contribution is 2.35. The zero-order valence-electron chi connectivity index (χ0n) is 15.9. The monoisotopic (exact) mass is 336 g/mol. The van der Waals surface area contributed by atoms with E-state index >= 15 is 0 Å². The number of hydrogen-bond acceptors (Lipinski definition) is 3. The summed E-state index contributed by atoms with van der Waals surface area (Å²) >= 11 is 0. The average molecular weight is 337 g/mol. The van der Waals surface area contributed by atoms with Crippen LogP contribution in [0, 0.1) is 17.3 Å². The zero-order chi connectivity index (χ0) is 17.6. The number of nitrogens with one attached hydrogen (secondary N) is 1. The molecule has 2 fully saturated rings. The molecule has 0 aromatic carbocycles. The lowest BCUT2D eigenvalue weighted by atomic mass is 9.70. The van der Waals surface area contributed by atoms with Crippen molar-refractivity contribution in [3.63, 3.8) is 0 Å². The number of likely N-dealkylation sites (tertiary alicyclic amines) is 1. The van der Waals surface area contributed by atoms with Gasteiger partial charge in [0.15, 0.2) is 0 Å². The van der Waals surface area contributed by atoms with Gasteiger partial charge in [-0.3, -0.25) is 9.59 Å². The second kappa shape index (κ2) is 8.98. The van der Waals surface area contributed by atoms with Crippen LogP contribution in [0.3, 0.4) is 0 Å². The Labute approximate surface area is 147 Å². The third-order valence-corrected chi connectivity index (χ3v) is 5.58. The summed E-state index contributed by atoms with van der Waals surface area (Å²) in [5.41, 5.74) is -0.352. The van der Waals surface area contributed by atoms with Gasteiger partial charge < -0.3 is 10.2 Å². The van der Waals surface area contributed by atoms with Gasteiger partial charge in [0.25, 0.3) is 0 Å². The van der Waals surface area contributed by atoms with Crippen LogP contribution in [0.4, 0.5) is 0 Å². The van der Waals surface area contributed by atoms with Crippen molar-refractivity contribution >= 4 is 11.7 Å². The van der Waals surface area contributed by atoms with E-state index in [9.17, 15) is 9.59 Å². The fourth-order valence-corrected chi connectivity index (χ4v) is 4.14. The summed E-state index contributed by atoms with van der Waals surface area (Å²) in [4.78, 5) is 27.8. The SMILES string of the molecule is CC(C)(C)C(=O)[C@H]1CCCC[C@H]1C(=O)NCCCN1CCCCC1. The first kappa shape index (κ1) is 19.4. The van der Waals surface area contributed by atoms with Gasteiger partial charge in [0.2, 0.25) is 5.91 Å². The van der Waals surface area contributed by atoms with E-state index in [0.717, 1.165) is 45.2 Å². The molecule has 0 radical (unpaired) electrons. The molecule has 24 heavy (non-hydrogen) atoms. The lowest BCUT2D eigenvalue weighted by Gasteiger charge is -2.33. The summed E-state index contributed by atoms with van der Waals surface area (Å²) in [6, 6.07) is 0. The van der Waals surface area contributed by atoms with Gasteiger partial charge >= 0.3 is 0 Å². The Morgan fingerprint density at radius 1 is 0.958 bits per heavy atom. The summed E-state index contributed by atoms with van der Waals surface area (Å²) in [5.74, 6) is 0.174. The first-order valence-electron chi connectivity index (χ1n) is 9.94. The predicted molar refractivity (Wildman–Crippen MR) is 97.8 cm³/mol. The largest absolute Gasteiger partial charge is 0.356 e. The van der Waals surface area contributed by atoms with Crippen LogP contribution in [-0.4, -0.2) is 42.8 Å². The van der Waals surface area contributed by atoms with E-state index in [1.165, 1.54) is 32.4 Å². The van der Waals surface area contributed by atoms with Gasteiger partial charge in [-0.25, -0.2) is 0 Å². The quantitative estimate of drug-likeness (QED) is 0.756. The minimum Gasteiger partial charge on any atom is -0.356 e. The number of piperidine rings is 1. The molecular weight excluding hydrogens is 300 g/mol. The number of ketones is 1. The standard InChI is InChI=1S/C20H36N2O2/c1-20(2,3)18(23)16-10-5-6-11-17(16)19(24)21-12-9-15-22-13-7-4-8-14-22/h16-17H,4-15H2,1-3H3,(H,21,24)/t16-,17+/m0/s1. The normalized spacial score (nSPS) is 26.1.